The topological polar surface area (TPSA) is 129 Å². The van der Waals surface area contributed by atoms with Gasteiger partial charge in [-0.1, -0.05) is 18.2 Å². The molecule has 3 aromatic carbocycles. The van der Waals surface area contributed by atoms with Crippen LogP contribution in [-0.4, -0.2) is 37.9 Å². The number of carbonyl (C=O) groups excluding carboxylic acids is 2. The number of nitro benzene ring substituents is 1. The summed E-state index contributed by atoms with van der Waals surface area (Å²) < 4.78 is 16.1. The number of Topliss-reactive ketones (excluding diaryl/α,β-unsaturated/α-hetero) is 1. The molecule has 2 aliphatic rings. The molecule has 0 radical (unpaired) electrons. The van der Waals surface area contributed by atoms with E-state index in [1.165, 1.54) is 12.1 Å². The lowest BCUT2D eigenvalue weighted by atomic mass is 9.71. The van der Waals surface area contributed by atoms with Gasteiger partial charge in [-0.2, -0.15) is 0 Å². The van der Waals surface area contributed by atoms with E-state index in [0.29, 0.717) is 51.8 Å². The third kappa shape index (κ3) is 5.43. The third-order valence-corrected chi connectivity index (χ3v) is 7.74. The molecule has 3 aromatic rings. The number of carbonyl (C=O) groups is 2. The zero-order valence-electron chi connectivity index (χ0n) is 23.7. The number of nitrogens with zero attached hydrogens (tertiary/aromatic N) is 1. The highest BCUT2D eigenvalue weighted by Gasteiger charge is 2.41. The van der Waals surface area contributed by atoms with Crippen LogP contribution in [0.15, 0.2) is 89.3 Å². The summed E-state index contributed by atoms with van der Waals surface area (Å²) in [4.78, 5) is 38.6. The maximum absolute atomic E-state index is 13.9. The van der Waals surface area contributed by atoms with Crippen molar-refractivity contribution in [2.45, 2.75) is 31.6 Å². The minimum atomic E-state index is -0.709. The number of amides is 1. The zero-order valence-corrected chi connectivity index (χ0v) is 23.7. The van der Waals surface area contributed by atoms with Crippen molar-refractivity contribution < 1.29 is 28.7 Å². The van der Waals surface area contributed by atoms with Gasteiger partial charge in [0.2, 0.25) is 0 Å². The van der Waals surface area contributed by atoms with Gasteiger partial charge in [-0.25, -0.2) is 0 Å². The van der Waals surface area contributed by atoms with Gasteiger partial charge in [0.15, 0.2) is 17.3 Å². The lowest BCUT2D eigenvalue weighted by Gasteiger charge is -2.37. The number of allylic oxidation sites excluding steroid dienone is 3. The molecule has 5 rings (SSSR count). The first kappa shape index (κ1) is 28.4. The van der Waals surface area contributed by atoms with Gasteiger partial charge in [0.1, 0.15) is 5.75 Å². The van der Waals surface area contributed by atoms with Crippen molar-refractivity contribution >= 4 is 23.1 Å². The van der Waals surface area contributed by atoms with Crippen LogP contribution < -0.4 is 24.8 Å². The van der Waals surface area contributed by atoms with Crippen LogP contribution in [0.1, 0.15) is 42.7 Å². The Balaban J connectivity index is 1.54. The molecule has 0 saturated carbocycles. The first-order valence-electron chi connectivity index (χ1n) is 13.4. The number of non-ortho nitro benzene ring substituents is 1. The Morgan fingerprint density at radius 2 is 1.57 bits per heavy atom. The summed E-state index contributed by atoms with van der Waals surface area (Å²) in [7, 11) is 4.70. The second-order valence-corrected chi connectivity index (χ2v) is 10.2. The molecule has 0 spiro atoms. The van der Waals surface area contributed by atoms with Crippen LogP contribution in [0.2, 0.25) is 0 Å². The van der Waals surface area contributed by atoms with Crippen molar-refractivity contribution in [3.63, 3.8) is 0 Å². The van der Waals surface area contributed by atoms with Crippen LogP contribution in [0.25, 0.3) is 0 Å². The summed E-state index contributed by atoms with van der Waals surface area (Å²) in [5.41, 5.74) is 4.24. The van der Waals surface area contributed by atoms with E-state index in [2.05, 4.69) is 10.6 Å². The second-order valence-electron chi connectivity index (χ2n) is 10.2. The molecular formula is C32H31N3O7. The van der Waals surface area contributed by atoms with Crippen molar-refractivity contribution in [3.05, 3.63) is 111 Å². The molecule has 0 fully saturated rings. The molecule has 2 atom stereocenters. The predicted molar refractivity (Wildman–Crippen MR) is 157 cm³/mol. The van der Waals surface area contributed by atoms with Crippen LogP contribution in [0.4, 0.5) is 11.4 Å². The number of hydrogen-bond acceptors (Lipinski definition) is 8. The van der Waals surface area contributed by atoms with Gasteiger partial charge in [-0.3, -0.25) is 19.7 Å². The number of nitro groups is 1. The van der Waals surface area contributed by atoms with E-state index in [4.69, 9.17) is 14.2 Å². The number of ketones is 1. The Morgan fingerprint density at radius 3 is 2.19 bits per heavy atom. The van der Waals surface area contributed by atoms with E-state index in [-0.39, 0.29) is 29.7 Å². The van der Waals surface area contributed by atoms with Gasteiger partial charge in [-0.05, 0) is 66.8 Å². The summed E-state index contributed by atoms with van der Waals surface area (Å²) >= 11 is 0. The number of rotatable bonds is 8. The zero-order chi connectivity index (χ0) is 30.0. The van der Waals surface area contributed by atoms with Gasteiger partial charge in [0.05, 0.1) is 26.3 Å². The number of hydrogen-bond donors (Lipinski definition) is 2. The van der Waals surface area contributed by atoms with Crippen molar-refractivity contribution in [2.75, 3.05) is 26.6 Å². The third-order valence-electron chi connectivity index (χ3n) is 7.74. The van der Waals surface area contributed by atoms with Crippen molar-refractivity contribution in [3.8, 4) is 17.2 Å². The lowest BCUT2D eigenvalue weighted by Crippen LogP contribution is -2.37. The summed E-state index contributed by atoms with van der Waals surface area (Å²) in [5, 5.41) is 17.6. The molecule has 1 aliphatic carbocycles. The largest absolute Gasteiger partial charge is 0.497 e. The second kappa shape index (κ2) is 11.8. The Labute approximate surface area is 243 Å². The standard InChI is InChI=1S/C32H31N3O7/c1-18-29(32(37)34-22-8-12-24(40-2)13-9-22)30(19-5-10-23(11-6-19)35(38)39)31-25(33-18)15-21(16-26(31)36)20-7-14-27(41-3)28(17-20)42-4/h5-14,17,21,30,33H,15-16H2,1-4H3,(H,34,37)/t21-,30-/m1/s1. The molecule has 42 heavy (non-hydrogen) atoms. The molecule has 2 N–H and O–H groups in total. The van der Waals surface area contributed by atoms with E-state index in [1.807, 2.05) is 18.2 Å². The minimum absolute atomic E-state index is 0.0738. The molecule has 0 unspecified atom stereocenters. The summed E-state index contributed by atoms with van der Waals surface area (Å²) in [6.07, 6.45) is 0.761. The SMILES string of the molecule is COc1ccc(NC(=O)C2=C(C)NC3=C(C(=O)C[C@H](c4ccc(OC)c(OC)c4)C3)[C@@H]2c2ccc([N+](=O)[O-])cc2)cc1. The predicted octanol–water partition coefficient (Wildman–Crippen LogP) is 5.62. The smallest absolute Gasteiger partial charge is 0.269 e. The molecule has 216 valence electrons. The van der Waals surface area contributed by atoms with E-state index < -0.39 is 10.8 Å². The quantitative estimate of drug-likeness (QED) is 0.264. The van der Waals surface area contributed by atoms with Crippen LogP contribution >= 0.6 is 0 Å². The number of anilines is 1. The average Bonchev–Trinajstić information content (AvgIpc) is 3.00. The Bertz CT molecular complexity index is 1610. The molecule has 0 bridgehead atoms. The Morgan fingerprint density at radius 1 is 0.905 bits per heavy atom. The molecule has 10 heteroatoms. The minimum Gasteiger partial charge on any atom is -0.497 e. The number of benzene rings is 3. The van der Waals surface area contributed by atoms with Crippen LogP contribution in [0, 0.1) is 10.1 Å². The van der Waals surface area contributed by atoms with Gasteiger partial charge in [0.25, 0.3) is 11.6 Å². The van der Waals surface area contributed by atoms with Crippen LogP contribution in [-0.2, 0) is 9.59 Å². The summed E-state index contributed by atoms with van der Waals surface area (Å²) in [6, 6.07) is 18.6. The molecule has 10 nitrogen and oxygen atoms in total. The Kier molecular flexibility index (Phi) is 7.97. The number of nitrogens with one attached hydrogen (secondary N) is 2. The fourth-order valence-corrected chi connectivity index (χ4v) is 5.68. The highest BCUT2D eigenvalue weighted by molar-refractivity contribution is 6.10. The maximum Gasteiger partial charge on any atom is 0.269 e. The van der Waals surface area contributed by atoms with Gasteiger partial charge in [0, 0.05) is 52.7 Å². The van der Waals surface area contributed by atoms with E-state index in [0.717, 1.165) is 11.3 Å². The van der Waals surface area contributed by atoms with E-state index >= 15 is 0 Å². The number of dihydropyridines is 1. The van der Waals surface area contributed by atoms with Gasteiger partial charge >= 0.3 is 0 Å². The highest BCUT2D eigenvalue weighted by atomic mass is 16.6. The Hall–Kier alpha value is -5.12. The summed E-state index contributed by atoms with van der Waals surface area (Å²) in [5.74, 6) is 0.518. The van der Waals surface area contributed by atoms with Crippen molar-refractivity contribution in [1.82, 2.24) is 5.32 Å². The van der Waals surface area contributed by atoms with Gasteiger partial charge in [-0.15, -0.1) is 0 Å². The maximum atomic E-state index is 13.9. The summed E-state index contributed by atoms with van der Waals surface area (Å²) in [6.45, 7) is 1.80. The lowest BCUT2D eigenvalue weighted by molar-refractivity contribution is -0.384. The highest BCUT2D eigenvalue weighted by Crippen LogP contribution is 2.46. The average molecular weight is 570 g/mol. The van der Waals surface area contributed by atoms with E-state index in [9.17, 15) is 19.7 Å². The molecular weight excluding hydrogens is 538 g/mol. The van der Waals surface area contributed by atoms with E-state index in [1.54, 1.807) is 64.7 Å². The van der Waals surface area contributed by atoms with Crippen molar-refractivity contribution in [1.29, 1.82) is 0 Å². The fraction of sp³-hybridized carbons (Fsp3) is 0.250. The number of methoxy groups -OCH3 is 3. The van der Waals surface area contributed by atoms with Crippen LogP contribution in [0.5, 0.6) is 17.2 Å². The molecule has 0 aromatic heterocycles. The first-order valence-corrected chi connectivity index (χ1v) is 13.4. The first-order chi connectivity index (χ1) is 20.2. The monoisotopic (exact) mass is 569 g/mol. The molecule has 1 aliphatic heterocycles. The molecule has 0 saturated heterocycles. The normalized spacial score (nSPS) is 18.1. The molecule has 1 amide bonds. The van der Waals surface area contributed by atoms with Crippen molar-refractivity contribution in [2.24, 2.45) is 0 Å². The van der Waals surface area contributed by atoms with Crippen LogP contribution in [0.3, 0.4) is 0 Å². The van der Waals surface area contributed by atoms with Gasteiger partial charge < -0.3 is 24.8 Å². The fourth-order valence-electron chi connectivity index (χ4n) is 5.68. The number of ether oxygens (including phenoxy) is 3. The molecule has 1 heterocycles.